The molecule has 1 N–H and O–H groups in total. The van der Waals surface area contributed by atoms with Crippen molar-refractivity contribution in [1.82, 2.24) is 10.2 Å². The van der Waals surface area contributed by atoms with E-state index in [0.717, 1.165) is 13.1 Å². The molecule has 0 saturated carbocycles. The average molecular weight is 183 g/mol. The predicted octanol–water partition coefficient (Wildman–Crippen LogP) is 0.245. The third-order valence-corrected chi connectivity index (χ3v) is 2.26. The first-order chi connectivity index (χ1) is 6.06. The van der Waals surface area contributed by atoms with E-state index < -0.39 is 0 Å². The molecule has 1 aliphatic heterocycles. The minimum atomic E-state index is -0.257. The molecule has 74 valence electrons. The Labute approximate surface area is 79.0 Å². The van der Waals surface area contributed by atoms with Gasteiger partial charge in [-0.1, -0.05) is 0 Å². The Bertz CT molecular complexity index is 223. The van der Waals surface area contributed by atoms with E-state index >= 15 is 0 Å². The molecular weight excluding hydrogens is 166 g/mol. The number of carbonyl (C=O) groups excluding carboxylic acids is 1. The Kier molecular flexibility index (Phi) is 3.03. The first-order valence-corrected chi connectivity index (χ1v) is 4.58. The molecule has 0 atom stereocenters. The molecule has 13 heavy (non-hydrogen) atoms. The fourth-order valence-corrected chi connectivity index (χ4v) is 1.50. The van der Waals surface area contributed by atoms with Crippen molar-refractivity contribution in [2.24, 2.45) is 4.99 Å². The van der Waals surface area contributed by atoms with Crippen molar-refractivity contribution in [3.8, 4) is 0 Å². The van der Waals surface area contributed by atoms with Crippen LogP contribution in [-0.2, 0) is 4.79 Å². The van der Waals surface area contributed by atoms with Gasteiger partial charge in [0.2, 0.25) is 5.91 Å². The Hall–Kier alpha value is -0.900. The van der Waals surface area contributed by atoms with E-state index in [1.165, 1.54) is 0 Å². The smallest absolute Gasteiger partial charge is 0.234 e. The molecule has 1 heterocycles. The summed E-state index contributed by atoms with van der Waals surface area (Å²) in [6.07, 6.45) is 1.78. The van der Waals surface area contributed by atoms with Gasteiger partial charge in [0, 0.05) is 13.1 Å². The van der Waals surface area contributed by atoms with Crippen molar-refractivity contribution >= 4 is 12.1 Å². The largest absolute Gasteiger partial charge is 0.354 e. The van der Waals surface area contributed by atoms with Gasteiger partial charge in [0.15, 0.2) is 0 Å². The maximum Gasteiger partial charge on any atom is 0.234 e. The van der Waals surface area contributed by atoms with Gasteiger partial charge in [0.1, 0.15) is 5.66 Å². The fraction of sp³-hybridized carbons (Fsp3) is 0.778. The molecule has 1 rings (SSSR count). The lowest BCUT2D eigenvalue weighted by Crippen LogP contribution is -2.55. The standard InChI is InChI=1S/C9H17N3O/c1-4-11-9(2,3)12-6-5-10-8(13)7-12/h4H,5-7H2,1-3H3,(H,10,13)/b11-4-. The molecule has 0 aromatic carbocycles. The van der Waals surface area contributed by atoms with Crippen LogP contribution in [0.4, 0.5) is 0 Å². The fourth-order valence-electron chi connectivity index (χ4n) is 1.50. The van der Waals surface area contributed by atoms with Crippen LogP contribution in [0.25, 0.3) is 0 Å². The van der Waals surface area contributed by atoms with Crippen LogP contribution in [0.3, 0.4) is 0 Å². The summed E-state index contributed by atoms with van der Waals surface area (Å²) in [4.78, 5) is 17.5. The zero-order chi connectivity index (χ0) is 9.90. The highest BCUT2D eigenvalue weighted by Crippen LogP contribution is 2.15. The highest BCUT2D eigenvalue weighted by atomic mass is 16.2. The first kappa shape index (κ1) is 10.2. The summed E-state index contributed by atoms with van der Waals surface area (Å²) >= 11 is 0. The second-order valence-electron chi connectivity index (χ2n) is 3.65. The number of carbonyl (C=O) groups is 1. The Morgan fingerprint density at radius 3 is 2.85 bits per heavy atom. The molecule has 0 unspecified atom stereocenters. The Balaban J connectivity index is 2.64. The van der Waals surface area contributed by atoms with Crippen molar-refractivity contribution in [3.63, 3.8) is 0 Å². The van der Waals surface area contributed by atoms with Gasteiger partial charge < -0.3 is 5.32 Å². The molecule has 0 aromatic rings. The quantitative estimate of drug-likeness (QED) is 0.623. The number of piperazine rings is 1. The Morgan fingerprint density at radius 1 is 1.62 bits per heavy atom. The van der Waals surface area contributed by atoms with Crippen LogP contribution in [0.1, 0.15) is 20.8 Å². The second-order valence-corrected chi connectivity index (χ2v) is 3.65. The molecule has 1 aliphatic rings. The summed E-state index contributed by atoms with van der Waals surface area (Å²) in [5.41, 5.74) is -0.257. The first-order valence-electron chi connectivity index (χ1n) is 4.58. The van der Waals surface area contributed by atoms with Gasteiger partial charge in [-0.3, -0.25) is 14.7 Å². The molecule has 0 spiro atoms. The molecule has 0 radical (unpaired) electrons. The van der Waals surface area contributed by atoms with Crippen LogP contribution in [0, 0.1) is 0 Å². The number of hydrogen-bond donors (Lipinski definition) is 1. The van der Waals surface area contributed by atoms with E-state index in [1.54, 1.807) is 6.21 Å². The predicted molar refractivity (Wildman–Crippen MR) is 52.8 cm³/mol. The molecule has 0 bridgehead atoms. The number of rotatable bonds is 2. The molecule has 0 aromatic heterocycles. The lowest BCUT2D eigenvalue weighted by atomic mass is 10.2. The third-order valence-electron chi connectivity index (χ3n) is 2.26. The van der Waals surface area contributed by atoms with Crippen molar-refractivity contribution in [3.05, 3.63) is 0 Å². The summed E-state index contributed by atoms with van der Waals surface area (Å²) < 4.78 is 0. The highest BCUT2D eigenvalue weighted by molar-refractivity contribution is 5.78. The molecule has 1 fully saturated rings. The molecule has 4 nitrogen and oxygen atoms in total. The number of nitrogens with zero attached hydrogens (tertiary/aromatic N) is 2. The van der Waals surface area contributed by atoms with Crippen LogP contribution in [0.5, 0.6) is 0 Å². The molecule has 4 heteroatoms. The van der Waals surface area contributed by atoms with Gasteiger partial charge in [0.25, 0.3) is 0 Å². The van der Waals surface area contributed by atoms with Crippen molar-refractivity contribution in [2.75, 3.05) is 19.6 Å². The summed E-state index contributed by atoms with van der Waals surface area (Å²) in [5.74, 6) is 0.0885. The lowest BCUT2D eigenvalue weighted by molar-refractivity contribution is -0.126. The summed E-state index contributed by atoms with van der Waals surface area (Å²) in [6.45, 7) is 7.98. The van der Waals surface area contributed by atoms with Crippen molar-refractivity contribution < 1.29 is 4.79 Å². The third kappa shape index (κ3) is 2.52. The van der Waals surface area contributed by atoms with Crippen LogP contribution in [0.2, 0.25) is 0 Å². The topological polar surface area (TPSA) is 44.7 Å². The van der Waals surface area contributed by atoms with Crippen molar-refractivity contribution in [2.45, 2.75) is 26.4 Å². The van der Waals surface area contributed by atoms with Gasteiger partial charge >= 0.3 is 0 Å². The molecular formula is C9H17N3O. The number of hydrogen-bond acceptors (Lipinski definition) is 3. The van der Waals surface area contributed by atoms with Gasteiger partial charge in [-0.05, 0) is 27.0 Å². The number of amides is 1. The highest BCUT2D eigenvalue weighted by Gasteiger charge is 2.29. The van der Waals surface area contributed by atoms with Gasteiger partial charge in [0.05, 0.1) is 6.54 Å². The van der Waals surface area contributed by atoms with E-state index in [1.807, 2.05) is 20.8 Å². The summed E-state index contributed by atoms with van der Waals surface area (Å²) in [6, 6.07) is 0. The van der Waals surface area contributed by atoms with Crippen LogP contribution in [-0.4, -0.2) is 42.3 Å². The maximum atomic E-state index is 11.1. The van der Waals surface area contributed by atoms with Gasteiger partial charge in [-0.15, -0.1) is 0 Å². The SMILES string of the molecule is C/C=N\C(C)(C)N1CCNC(=O)C1. The molecule has 1 amide bonds. The molecule has 0 aliphatic carbocycles. The van der Waals surface area contributed by atoms with E-state index in [0.29, 0.717) is 6.54 Å². The average Bonchev–Trinajstić information content (AvgIpc) is 2.04. The van der Waals surface area contributed by atoms with Crippen molar-refractivity contribution in [1.29, 1.82) is 0 Å². The zero-order valence-electron chi connectivity index (χ0n) is 8.50. The van der Waals surface area contributed by atoms with Gasteiger partial charge in [-0.25, -0.2) is 0 Å². The second kappa shape index (κ2) is 3.87. The number of nitrogens with one attached hydrogen (secondary N) is 1. The van der Waals surface area contributed by atoms with E-state index in [2.05, 4.69) is 15.2 Å². The maximum absolute atomic E-state index is 11.1. The minimum absolute atomic E-state index is 0.0885. The molecule has 1 saturated heterocycles. The Morgan fingerprint density at radius 2 is 2.31 bits per heavy atom. The van der Waals surface area contributed by atoms with Crippen LogP contribution in [0.15, 0.2) is 4.99 Å². The van der Waals surface area contributed by atoms with Crippen LogP contribution >= 0.6 is 0 Å². The minimum Gasteiger partial charge on any atom is -0.354 e. The van der Waals surface area contributed by atoms with E-state index in [9.17, 15) is 4.79 Å². The number of aliphatic imine (C=N–C) groups is 1. The van der Waals surface area contributed by atoms with E-state index in [4.69, 9.17) is 0 Å². The zero-order valence-corrected chi connectivity index (χ0v) is 8.50. The summed E-state index contributed by atoms with van der Waals surface area (Å²) in [5, 5.41) is 2.79. The van der Waals surface area contributed by atoms with Crippen LogP contribution < -0.4 is 5.32 Å². The monoisotopic (exact) mass is 183 g/mol. The lowest BCUT2D eigenvalue weighted by Gasteiger charge is -2.37. The van der Waals surface area contributed by atoms with E-state index in [-0.39, 0.29) is 11.6 Å². The normalized spacial score (nSPS) is 20.7. The van der Waals surface area contributed by atoms with Gasteiger partial charge in [-0.2, -0.15) is 0 Å². The summed E-state index contributed by atoms with van der Waals surface area (Å²) in [7, 11) is 0.